The number of piperazine rings is 1. The molecule has 0 radical (unpaired) electrons. The molecule has 1 N–H and O–H groups in total. The van der Waals surface area contributed by atoms with E-state index in [9.17, 15) is 0 Å². The third-order valence-electron chi connectivity index (χ3n) is 3.16. The van der Waals surface area contributed by atoms with Gasteiger partial charge < -0.3 is 10.2 Å². The number of fused-ring (bicyclic) bond motifs is 3. The third-order valence-corrected chi connectivity index (χ3v) is 3.39. The molecule has 0 aliphatic carbocycles. The van der Waals surface area contributed by atoms with Crippen molar-refractivity contribution in [1.82, 2.24) is 5.32 Å². The van der Waals surface area contributed by atoms with Crippen LogP contribution in [0.5, 0.6) is 0 Å². The molecule has 1 fully saturated rings. The van der Waals surface area contributed by atoms with Crippen LogP contribution in [0.25, 0.3) is 0 Å². The summed E-state index contributed by atoms with van der Waals surface area (Å²) in [6.07, 6.45) is 1.14. The highest BCUT2D eigenvalue weighted by Crippen LogP contribution is 2.34. The zero-order valence-electron chi connectivity index (χ0n) is 7.96. The Kier molecular flexibility index (Phi) is 1.92. The van der Waals surface area contributed by atoms with Gasteiger partial charge in [0.15, 0.2) is 0 Å². The highest BCUT2D eigenvalue weighted by molar-refractivity contribution is 6.30. The van der Waals surface area contributed by atoms with Crippen LogP contribution >= 0.6 is 11.6 Å². The lowest BCUT2D eigenvalue weighted by atomic mass is 10.1. The van der Waals surface area contributed by atoms with Crippen molar-refractivity contribution in [1.29, 1.82) is 0 Å². The summed E-state index contributed by atoms with van der Waals surface area (Å²) in [5.41, 5.74) is 2.80. The normalized spacial score (nSPS) is 24.6. The number of halogens is 1. The molecule has 0 saturated carbocycles. The number of hydrogen-bond acceptors (Lipinski definition) is 2. The Morgan fingerprint density at radius 1 is 1.43 bits per heavy atom. The van der Waals surface area contributed by atoms with Crippen molar-refractivity contribution in [3.05, 3.63) is 28.8 Å². The number of rotatable bonds is 0. The second-order valence-electron chi connectivity index (χ2n) is 4.03. The Morgan fingerprint density at radius 2 is 2.36 bits per heavy atom. The lowest BCUT2D eigenvalue weighted by Crippen LogP contribution is -2.49. The van der Waals surface area contributed by atoms with E-state index in [1.165, 1.54) is 11.3 Å². The van der Waals surface area contributed by atoms with E-state index in [1.54, 1.807) is 0 Å². The van der Waals surface area contributed by atoms with Crippen LogP contribution in [0.4, 0.5) is 5.69 Å². The van der Waals surface area contributed by atoms with Gasteiger partial charge in [-0.2, -0.15) is 0 Å². The summed E-state index contributed by atoms with van der Waals surface area (Å²) in [7, 11) is 0. The van der Waals surface area contributed by atoms with Crippen molar-refractivity contribution in [3.63, 3.8) is 0 Å². The van der Waals surface area contributed by atoms with Gasteiger partial charge in [-0.25, -0.2) is 0 Å². The second-order valence-corrected chi connectivity index (χ2v) is 4.46. The van der Waals surface area contributed by atoms with Gasteiger partial charge in [0.2, 0.25) is 0 Å². The minimum atomic E-state index is 0.650. The minimum Gasteiger partial charge on any atom is -0.365 e. The Hall–Kier alpha value is -0.730. The van der Waals surface area contributed by atoms with Crippen LogP contribution in [0.3, 0.4) is 0 Å². The predicted octanol–water partition coefficient (Wildman–Crippen LogP) is 1.67. The number of nitrogens with zero attached hydrogens (tertiary/aromatic N) is 1. The van der Waals surface area contributed by atoms with Crippen LogP contribution in [0.15, 0.2) is 18.2 Å². The molecule has 1 saturated heterocycles. The lowest BCUT2D eigenvalue weighted by Gasteiger charge is -2.32. The number of nitrogens with one attached hydrogen (secondary N) is 1. The molecule has 1 atom stereocenters. The van der Waals surface area contributed by atoms with Gasteiger partial charge in [0.05, 0.1) is 0 Å². The lowest BCUT2D eigenvalue weighted by molar-refractivity contribution is 0.495. The highest BCUT2D eigenvalue weighted by atomic mass is 35.5. The zero-order valence-corrected chi connectivity index (χ0v) is 8.72. The SMILES string of the molecule is Clc1ccc2c(c1)C[C@@H]1CNCCN21. The molecule has 0 amide bonds. The summed E-state index contributed by atoms with van der Waals surface area (Å²) in [6.45, 7) is 3.32. The van der Waals surface area contributed by atoms with Crippen LogP contribution < -0.4 is 10.2 Å². The van der Waals surface area contributed by atoms with Crippen LogP contribution in [0.1, 0.15) is 5.56 Å². The van der Waals surface area contributed by atoms with Crippen molar-refractivity contribution in [2.75, 3.05) is 24.5 Å². The van der Waals surface area contributed by atoms with Crippen molar-refractivity contribution in [2.24, 2.45) is 0 Å². The molecule has 3 heteroatoms. The van der Waals surface area contributed by atoms with Crippen LogP contribution in [-0.2, 0) is 6.42 Å². The van der Waals surface area contributed by atoms with Gasteiger partial charge in [-0.1, -0.05) is 11.6 Å². The van der Waals surface area contributed by atoms with Crippen molar-refractivity contribution >= 4 is 17.3 Å². The number of benzene rings is 1. The minimum absolute atomic E-state index is 0.650. The first kappa shape index (κ1) is 8.57. The van der Waals surface area contributed by atoms with Gasteiger partial charge in [0, 0.05) is 36.4 Å². The summed E-state index contributed by atoms with van der Waals surface area (Å²) in [5.74, 6) is 0. The number of hydrogen-bond donors (Lipinski definition) is 1. The molecular formula is C11H13ClN2. The fourth-order valence-corrected chi connectivity index (χ4v) is 2.71. The Bertz CT molecular complexity index is 364. The van der Waals surface area contributed by atoms with E-state index in [1.807, 2.05) is 6.07 Å². The van der Waals surface area contributed by atoms with Crippen LogP contribution in [0.2, 0.25) is 5.02 Å². The van der Waals surface area contributed by atoms with Gasteiger partial charge in [0.1, 0.15) is 0 Å². The summed E-state index contributed by atoms with van der Waals surface area (Å²) in [6, 6.07) is 6.90. The summed E-state index contributed by atoms with van der Waals surface area (Å²) >= 11 is 5.99. The fourth-order valence-electron chi connectivity index (χ4n) is 2.51. The van der Waals surface area contributed by atoms with Gasteiger partial charge >= 0.3 is 0 Å². The van der Waals surface area contributed by atoms with E-state index in [-0.39, 0.29) is 0 Å². The van der Waals surface area contributed by atoms with Gasteiger partial charge in [-0.3, -0.25) is 0 Å². The van der Waals surface area contributed by atoms with Crippen molar-refractivity contribution in [3.8, 4) is 0 Å². The zero-order chi connectivity index (χ0) is 9.54. The first-order chi connectivity index (χ1) is 6.84. The summed E-state index contributed by atoms with van der Waals surface area (Å²) in [5, 5.41) is 4.29. The monoisotopic (exact) mass is 208 g/mol. The van der Waals surface area contributed by atoms with E-state index in [2.05, 4.69) is 22.3 Å². The smallest absolute Gasteiger partial charge is 0.0456 e. The molecular weight excluding hydrogens is 196 g/mol. The largest absolute Gasteiger partial charge is 0.365 e. The molecule has 3 rings (SSSR count). The van der Waals surface area contributed by atoms with E-state index in [4.69, 9.17) is 11.6 Å². The molecule has 1 aromatic rings. The molecule has 2 aliphatic rings. The molecule has 0 aromatic heterocycles. The van der Waals surface area contributed by atoms with Gasteiger partial charge in [-0.05, 0) is 30.2 Å². The predicted molar refractivity (Wildman–Crippen MR) is 59.2 cm³/mol. The van der Waals surface area contributed by atoms with Crippen LogP contribution in [0, 0.1) is 0 Å². The second kappa shape index (κ2) is 3.14. The maximum atomic E-state index is 5.99. The van der Waals surface area contributed by atoms with Gasteiger partial charge in [0.25, 0.3) is 0 Å². The summed E-state index contributed by atoms with van der Waals surface area (Å²) < 4.78 is 0. The Balaban J connectivity index is 2.01. The highest BCUT2D eigenvalue weighted by Gasteiger charge is 2.30. The molecule has 2 heterocycles. The van der Waals surface area contributed by atoms with Crippen LogP contribution in [-0.4, -0.2) is 25.7 Å². The molecule has 2 nitrogen and oxygen atoms in total. The number of anilines is 1. The van der Waals surface area contributed by atoms with E-state index < -0.39 is 0 Å². The Morgan fingerprint density at radius 3 is 3.29 bits per heavy atom. The van der Waals surface area contributed by atoms with Gasteiger partial charge in [-0.15, -0.1) is 0 Å². The fraction of sp³-hybridized carbons (Fsp3) is 0.455. The van der Waals surface area contributed by atoms with E-state index in [0.717, 1.165) is 31.1 Å². The maximum absolute atomic E-state index is 5.99. The first-order valence-corrected chi connectivity index (χ1v) is 5.48. The molecule has 14 heavy (non-hydrogen) atoms. The Labute approximate surface area is 88.9 Å². The molecule has 0 bridgehead atoms. The third kappa shape index (κ3) is 1.22. The van der Waals surface area contributed by atoms with E-state index >= 15 is 0 Å². The molecule has 0 spiro atoms. The molecule has 2 aliphatic heterocycles. The van der Waals surface area contributed by atoms with E-state index in [0.29, 0.717) is 6.04 Å². The molecule has 1 aromatic carbocycles. The maximum Gasteiger partial charge on any atom is 0.0456 e. The quantitative estimate of drug-likeness (QED) is 0.698. The topological polar surface area (TPSA) is 15.3 Å². The average molecular weight is 209 g/mol. The average Bonchev–Trinajstić information content (AvgIpc) is 2.54. The van der Waals surface area contributed by atoms with Crippen molar-refractivity contribution in [2.45, 2.75) is 12.5 Å². The first-order valence-electron chi connectivity index (χ1n) is 5.10. The summed E-state index contributed by atoms with van der Waals surface area (Å²) in [4.78, 5) is 2.50. The molecule has 74 valence electrons. The molecule has 0 unspecified atom stereocenters. The standard InChI is InChI=1S/C11H13ClN2/c12-9-1-2-11-8(5-9)6-10-7-13-3-4-14(10)11/h1-2,5,10,13H,3-4,6-7H2/t10-/m1/s1. The van der Waals surface area contributed by atoms with Crippen molar-refractivity contribution < 1.29 is 0 Å².